The minimum atomic E-state index is -0.00740. The number of anilines is 3. The Hall–Kier alpha value is -5.62. The summed E-state index contributed by atoms with van der Waals surface area (Å²) < 4.78 is 4.76. The van der Waals surface area contributed by atoms with E-state index in [0.717, 1.165) is 33.6 Å². The lowest BCUT2D eigenvalue weighted by Crippen LogP contribution is -2.60. The van der Waals surface area contributed by atoms with E-state index in [1.807, 2.05) is 12.3 Å². The first-order valence-electron chi connectivity index (χ1n) is 14.6. The molecule has 0 atom stereocenters. The van der Waals surface area contributed by atoms with Crippen LogP contribution >= 0.6 is 0 Å². The fourth-order valence-corrected chi connectivity index (χ4v) is 7.45. The topological polar surface area (TPSA) is 38.9 Å². The van der Waals surface area contributed by atoms with Gasteiger partial charge in [-0.25, -0.2) is 9.97 Å². The maximum absolute atomic E-state index is 4.91. The van der Waals surface area contributed by atoms with Crippen molar-refractivity contribution in [2.24, 2.45) is 0 Å². The molecule has 0 saturated carbocycles. The quantitative estimate of drug-likeness (QED) is 0.298. The van der Waals surface area contributed by atoms with E-state index in [9.17, 15) is 0 Å². The van der Waals surface area contributed by atoms with Crippen LogP contribution in [0.5, 0.6) is 0 Å². The maximum atomic E-state index is 4.91. The first-order chi connectivity index (χ1) is 21.3. The molecule has 5 nitrogen and oxygen atoms in total. The van der Waals surface area contributed by atoms with Crippen molar-refractivity contribution >= 4 is 74.3 Å². The summed E-state index contributed by atoms with van der Waals surface area (Å²) in [5, 5.41) is 4.60. The van der Waals surface area contributed by atoms with Gasteiger partial charge in [0.25, 0.3) is 6.71 Å². The number of para-hydroxylation sites is 3. The summed E-state index contributed by atoms with van der Waals surface area (Å²) in [6, 6.07) is 34.7. The van der Waals surface area contributed by atoms with Crippen LogP contribution in [0, 0.1) is 0 Å². The van der Waals surface area contributed by atoms with Crippen LogP contribution in [-0.4, -0.2) is 25.8 Å². The van der Waals surface area contributed by atoms with E-state index < -0.39 is 0 Å². The summed E-state index contributed by atoms with van der Waals surface area (Å²) >= 11 is 0. The zero-order chi connectivity index (χ0) is 28.7. The molecule has 0 N–H and O–H groups in total. The number of nitrogens with zero attached hydrogens (tertiary/aromatic N) is 5. The minimum absolute atomic E-state index is 0.00740. The molecule has 43 heavy (non-hydrogen) atoms. The van der Waals surface area contributed by atoms with E-state index in [-0.39, 0.29) is 6.71 Å². The van der Waals surface area contributed by atoms with Crippen molar-refractivity contribution in [3.63, 3.8) is 0 Å². The van der Waals surface area contributed by atoms with Gasteiger partial charge < -0.3 is 4.90 Å². The number of rotatable bonds is 3. The smallest absolute Gasteiger partial charge is 0.255 e. The predicted molar refractivity (Wildman–Crippen MR) is 179 cm³/mol. The van der Waals surface area contributed by atoms with Crippen LogP contribution in [0.1, 0.15) is 6.92 Å². The summed E-state index contributed by atoms with van der Waals surface area (Å²) in [6.45, 7) is 6.23. The van der Waals surface area contributed by atoms with Gasteiger partial charge in [0.2, 0.25) is 0 Å². The highest BCUT2D eigenvalue weighted by Gasteiger charge is 2.44. The van der Waals surface area contributed by atoms with Gasteiger partial charge in [-0.15, -0.1) is 0 Å². The van der Waals surface area contributed by atoms with Gasteiger partial charge in [-0.3, -0.25) is 9.13 Å². The van der Waals surface area contributed by atoms with Gasteiger partial charge in [0.15, 0.2) is 0 Å². The molecular formula is C37H26BN5. The van der Waals surface area contributed by atoms with Crippen LogP contribution < -0.4 is 31.9 Å². The van der Waals surface area contributed by atoms with Gasteiger partial charge in [0.05, 0.1) is 10.9 Å². The number of hydrogen-bond donors (Lipinski definition) is 0. The summed E-state index contributed by atoms with van der Waals surface area (Å²) in [6.07, 6.45) is 9.90. The van der Waals surface area contributed by atoms with E-state index in [1.165, 1.54) is 43.9 Å². The van der Waals surface area contributed by atoms with Gasteiger partial charge in [-0.05, 0) is 65.8 Å². The highest BCUT2D eigenvalue weighted by molar-refractivity contribution is 7.01. The summed E-state index contributed by atoms with van der Waals surface area (Å²) in [7, 11) is 0. The first kappa shape index (κ1) is 24.0. The summed E-state index contributed by atoms with van der Waals surface area (Å²) in [5.74, 6) is 1.10. The van der Waals surface area contributed by atoms with E-state index in [4.69, 9.17) is 4.98 Å². The van der Waals surface area contributed by atoms with Crippen LogP contribution in [0.25, 0.3) is 45.6 Å². The van der Waals surface area contributed by atoms with Crippen molar-refractivity contribution in [2.75, 3.05) is 4.90 Å². The molecule has 4 aromatic carbocycles. The molecule has 6 heteroatoms. The van der Waals surface area contributed by atoms with Crippen molar-refractivity contribution in [3.8, 4) is 11.5 Å². The molecule has 202 valence electrons. The Morgan fingerprint density at radius 1 is 0.744 bits per heavy atom. The lowest BCUT2D eigenvalue weighted by molar-refractivity contribution is 0.944. The molecular weight excluding hydrogens is 525 g/mol. The Balaban J connectivity index is 1.56. The molecule has 0 fully saturated rings. The minimum Gasteiger partial charge on any atom is -0.311 e. The molecule has 0 saturated heterocycles. The third-order valence-corrected chi connectivity index (χ3v) is 8.98. The van der Waals surface area contributed by atoms with E-state index in [1.54, 1.807) is 6.33 Å². The number of fused-ring (bicyclic) bond motifs is 7. The molecule has 5 heterocycles. The largest absolute Gasteiger partial charge is 0.311 e. The van der Waals surface area contributed by atoms with Crippen LogP contribution in [0.15, 0.2) is 122 Å². The highest BCUT2D eigenvalue weighted by Crippen LogP contribution is 2.40. The summed E-state index contributed by atoms with van der Waals surface area (Å²) in [5.41, 5.74) is 10.5. The van der Waals surface area contributed by atoms with Gasteiger partial charge in [0.1, 0.15) is 17.8 Å². The van der Waals surface area contributed by atoms with Gasteiger partial charge in [-0.1, -0.05) is 79.4 Å². The van der Waals surface area contributed by atoms with Gasteiger partial charge in [0, 0.05) is 44.9 Å². The molecule has 2 aliphatic heterocycles. The van der Waals surface area contributed by atoms with Crippen molar-refractivity contribution in [2.45, 2.75) is 6.92 Å². The molecule has 7 aromatic rings. The SMILES string of the molecule is C=C/C=c1\c(=C/C)c2ccc3c4c2n1-c1c(c2cncnc2n1-c1ccccc1)B4c1ccccc1N3c1ccccc1. The molecule has 9 rings (SSSR count). The second kappa shape index (κ2) is 8.94. The number of allylic oxidation sites excluding steroid dienone is 1. The fourth-order valence-electron chi connectivity index (χ4n) is 7.45. The van der Waals surface area contributed by atoms with E-state index >= 15 is 0 Å². The first-order valence-corrected chi connectivity index (χ1v) is 14.6. The second-order valence-electron chi connectivity index (χ2n) is 11.1. The van der Waals surface area contributed by atoms with Gasteiger partial charge in [-0.2, -0.15) is 0 Å². The molecule has 0 bridgehead atoms. The molecule has 3 aromatic heterocycles. The monoisotopic (exact) mass is 551 g/mol. The zero-order valence-electron chi connectivity index (χ0n) is 23.6. The molecule has 0 unspecified atom stereocenters. The Bertz CT molecular complexity index is 2390. The van der Waals surface area contributed by atoms with E-state index in [2.05, 4.69) is 142 Å². The van der Waals surface area contributed by atoms with Crippen molar-refractivity contribution in [3.05, 3.63) is 133 Å². The van der Waals surface area contributed by atoms with E-state index in [0.29, 0.717) is 0 Å². The van der Waals surface area contributed by atoms with Gasteiger partial charge >= 0.3 is 0 Å². The average Bonchev–Trinajstić information content (AvgIpc) is 3.57. The third-order valence-electron chi connectivity index (χ3n) is 8.98. The van der Waals surface area contributed by atoms with Crippen LogP contribution in [0.2, 0.25) is 0 Å². The molecule has 0 spiro atoms. The Morgan fingerprint density at radius 3 is 2.26 bits per heavy atom. The second-order valence-corrected chi connectivity index (χ2v) is 11.1. The average molecular weight is 551 g/mol. The normalized spacial score (nSPS) is 14.0. The Labute approximate surface area is 249 Å². The molecule has 0 aliphatic carbocycles. The maximum Gasteiger partial charge on any atom is 0.255 e. The number of benzene rings is 4. The van der Waals surface area contributed by atoms with Crippen LogP contribution in [0.4, 0.5) is 17.1 Å². The lowest BCUT2D eigenvalue weighted by atomic mass is 9.34. The molecule has 0 amide bonds. The summed E-state index contributed by atoms with van der Waals surface area (Å²) in [4.78, 5) is 11.9. The highest BCUT2D eigenvalue weighted by atomic mass is 15.2. The standard InChI is InChI=1S/C37H26BN5/c1-3-13-30-26(4-2)27-20-21-32-34-35(27)43(30)37-33(28-22-39-23-40-36(28)42(37)25-16-9-6-10-17-25)38(34)29-18-11-12-19-31(29)41(32)24-14-7-5-8-15-24/h3-23H,1H2,2H3/b26-4-,30-13+. The van der Waals surface area contributed by atoms with Crippen LogP contribution in [0.3, 0.4) is 0 Å². The van der Waals surface area contributed by atoms with Crippen molar-refractivity contribution < 1.29 is 0 Å². The fraction of sp³-hybridized carbons (Fsp3) is 0.0270. The number of aromatic nitrogens is 4. The zero-order valence-corrected chi connectivity index (χ0v) is 23.6. The van der Waals surface area contributed by atoms with Crippen LogP contribution in [-0.2, 0) is 0 Å². The lowest BCUT2D eigenvalue weighted by Gasteiger charge is -2.39. The van der Waals surface area contributed by atoms with Crippen molar-refractivity contribution in [1.82, 2.24) is 19.1 Å². The number of hydrogen-bond acceptors (Lipinski definition) is 3. The third kappa shape index (κ3) is 3.07. The Morgan fingerprint density at radius 2 is 1.49 bits per heavy atom. The predicted octanol–water partition coefficient (Wildman–Crippen LogP) is 4.74. The Kier molecular flexibility index (Phi) is 5.00. The van der Waals surface area contributed by atoms with Crippen molar-refractivity contribution in [1.29, 1.82) is 0 Å². The molecule has 0 radical (unpaired) electrons. The molecule has 2 aliphatic rings.